The fourth-order valence-electron chi connectivity index (χ4n) is 3.18. The van der Waals surface area contributed by atoms with Crippen LogP contribution in [-0.2, 0) is 9.53 Å². The van der Waals surface area contributed by atoms with Crippen molar-refractivity contribution in [3.63, 3.8) is 0 Å². The molecule has 7 heteroatoms. The third kappa shape index (κ3) is 3.62. The first kappa shape index (κ1) is 18.5. The Labute approximate surface area is 166 Å². The molecule has 0 saturated heterocycles. The van der Waals surface area contributed by atoms with Crippen molar-refractivity contribution in [2.45, 2.75) is 6.92 Å². The molecule has 0 bridgehead atoms. The molecular weight excluding hydrogens is 370 g/mol. The lowest BCUT2D eigenvalue weighted by Gasteiger charge is -1.99. The number of hydrogen-bond donors (Lipinski definition) is 2. The van der Waals surface area contributed by atoms with Crippen LogP contribution in [0.4, 0.5) is 5.69 Å². The summed E-state index contributed by atoms with van der Waals surface area (Å²) in [6, 6.07) is 11.2. The van der Waals surface area contributed by atoms with E-state index < -0.39 is 5.97 Å². The molecule has 0 fully saturated rings. The van der Waals surface area contributed by atoms with Gasteiger partial charge in [-0.2, -0.15) is 0 Å². The smallest absolute Gasteiger partial charge is 0.330 e. The van der Waals surface area contributed by atoms with Crippen LogP contribution in [-0.4, -0.2) is 29.8 Å². The fourth-order valence-corrected chi connectivity index (χ4v) is 3.18. The average Bonchev–Trinajstić information content (AvgIpc) is 3.26. The number of nitrogens with zero attached hydrogens (tertiary/aromatic N) is 2. The second-order valence-corrected chi connectivity index (χ2v) is 6.39. The van der Waals surface area contributed by atoms with Gasteiger partial charge in [0, 0.05) is 27.8 Å². The maximum atomic E-state index is 11.5. The normalized spacial score (nSPS) is 13.4. The summed E-state index contributed by atoms with van der Waals surface area (Å²) in [5, 5.41) is 21.2. The number of aromatic amines is 1. The van der Waals surface area contributed by atoms with Crippen LogP contribution >= 0.6 is 0 Å². The SMILES string of the molecule is CCOC(=O)/C=C/C1=c2ccc(=Cc3c(O)[nH]c4ccc(OC)cc34)cc2N=N1. The van der Waals surface area contributed by atoms with Crippen molar-refractivity contribution in [2.75, 3.05) is 13.7 Å². The van der Waals surface area contributed by atoms with E-state index in [0.717, 1.165) is 21.3 Å². The summed E-state index contributed by atoms with van der Waals surface area (Å²) in [7, 11) is 1.60. The van der Waals surface area contributed by atoms with Crippen molar-refractivity contribution in [3.8, 4) is 11.6 Å². The number of hydrogen-bond acceptors (Lipinski definition) is 6. The number of carbonyl (C=O) groups excluding carboxylic acids is 1. The first-order valence-electron chi connectivity index (χ1n) is 9.10. The number of fused-ring (bicyclic) bond motifs is 2. The Kier molecular flexibility index (Phi) is 4.87. The van der Waals surface area contributed by atoms with Gasteiger partial charge in [0.05, 0.1) is 25.1 Å². The van der Waals surface area contributed by atoms with Gasteiger partial charge in [0.2, 0.25) is 0 Å². The van der Waals surface area contributed by atoms with Gasteiger partial charge in [0.25, 0.3) is 0 Å². The molecule has 2 N–H and O–H groups in total. The van der Waals surface area contributed by atoms with Gasteiger partial charge in [0.1, 0.15) is 5.75 Å². The van der Waals surface area contributed by atoms with Crippen molar-refractivity contribution < 1.29 is 19.4 Å². The van der Waals surface area contributed by atoms with Crippen molar-refractivity contribution in [3.05, 3.63) is 64.6 Å². The highest BCUT2D eigenvalue weighted by molar-refractivity contribution is 5.92. The Bertz CT molecular complexity index is 1290. The van der Waals surface area contributed by atoms with Gasteiger partial charge in [-0.05, 0) is 54.6 Å². The standard InChI is InChI=1S/C22H19N3O4/c1-3-29-21(26)9-8-19-15-6-4-13(11-20(15)25-24-19)10-17-16-12-14(28-2)5-7-18(16)23-22(17)27/h4-12,23,27H,3H2,1-2H3/b9-8+,13-10?. The highest BCUT2D eigenvalue weighted by Crippen LogP contribution is 2.30. The molecule has 0 aliphatic carbocycles. The topological polar surface area (TPSA) is 96.3 Å². The Morgan fingerprint density at radius 2 is 2.07 bits per heavy atom. The number of ether oxygens (including phenoxy) is 2. The molecule has 4 rings (SSSR count). The van der Waals surface area contributed by atoms with E-state index in [1.807, 2.05) is 42.5 Å². The monoisotopic (exact) mass is 389 g/mol. The minimum atomic E-state index is -0.418. The van der Waals surface area contributed by atoms with E-state index in [2.05, 4.69) is 15.2 Å². The number of carbonyl (C=O) groups is 1. The number of methoxy groups -OCH3 is 1. The lowest BCUT2D eigenvalue weighted by atomic mass is 10.1. The van der Waals surface area contributed by atoms with Crippen LogP contribution in [0.15, 0.2) is 58.8 Å². The third-order valence-electron chi connectivity index (χ3n) is 4.56. The minimum Gasteiger partial charge on any atom is -0.497 e. The van der Waals surface area contributed by atoms with Crippen molar-refractivity contribution in [1.29, 1.82) is 0 Å². The van der Waals surface area contributed by atoms with E-state index in [4.69, 9.17) is 9.47 Å². The molecule has 0 amide bonds. The van der Waals surface area contributed by atoms with E-state index in [-0.39, 0.29) is 5.88 Å². The van der Waals surface area contributed by atoms with E-state index in [1.54, 1.807) is 20.1 Å². The number of benzene rings is 2. The Balaban J connectivity index is 1.75. The van der Waals surface area contributed by atoms with Crippen molar-refractivity contribution in [1.82, 2.24) is 4.98 Å². The molecule has 3 aromatic rings. The Morgan fingerprint density at radius 1 is 1.21 bits per heavy atom. The zero-order valence-electron chi connectivity index (χ0n) is 16.0. The summed E-state index contributed by atoms with van der Waals surface area (Å²) in [5.74, 6) is 0.375. The molecule has 2 heterocycles. The average molecular weight is 389 g/mol. The number of esters is 1. The summed E-state index contributed by atoms with van der Waals surface area (Å²) in [5.41, 5.74) is 2.77. The molecule has 0 unspecified atom stereocenters. The third-order valence-corrected chi connectivity index (χ3v) is 4.56. The van der Waals surface area contributed by atoms with E-state index in [1.165, 1.54) is 6.08 Å². The van der Waals surface area contributed by atoms with Crippen LogP contribution in [0.2, 0.25) is 0 Å². The number of aromatic nitrogens is 1. The molecule has 0 saturated carbocycles. The summed E-state index contributed by atoms with van der Waals surface area (Å²) < 4.78 is 10.2. The van der Waals surface area contributed by atoms with Crippen molar-refractivity contribution >= 4 is 34.3 Å². The fraction of sp³-hybridized carbons (Fsp3) is 0.136. The van der Waals surface area contributed by atoms with E-state index >= 15 is 0 Å². The first-order valence-corrected chi connectivity index (χ1v) is 9.10. The van der Waals surface area contributed by atoms with Crippen LogP contribution < -0.4 is 15.2 Å². The van der Waals surface area contributed by atoms with Crippen LogP contribution in [0, 0.1) is 0 Å². The van der Waals surface area contributed by atoms with Gasteiger partial charge in [-0.25, -0.2) is 4.79 Å². The molecule has 0 spiro atoms. The quantitative estimate of drug-likeness (QED) is 0.518. The maximum absolute atomic E-state index is 11.5. The summed E-state index contributed by atoms with van der Waals surface area (Å²) >= 11 is 0. The molecule has 1 aliphatic rings. The predicted octanol–water partition coefficient (Wildman–Crippen LogP) is 3.04. The van der Waals surface area contributed by atoms with Gasteiger partial charge in [-0.15, -0.1) is 10.2 Å². The number of azo groups is 1. The molecule has 146 valence electrons. The second kappa shape index (κ2) is 7.63. The molecule has 7 nitrogen and oxygen atoms in total. The van der Waals surface area contributed by atoms with Gasteiger partial charge in [-0.3, -0.25) is 0 Å². The van der Waals surface area contributed by atoms with E-state index in [9.17, 15) is 9.90 Å². The largest absolute Gasteiger partial charge is 0.497 e. The Morgan fingerprint density at radius 3 is 2.86 bits per heavy atom. The van der Waals surface area contributed by atoms with Gasteiger partial charge in [-0.1, -0.05) is 6.07 Å². The number of nitrogens with one attached hydrogen (secondary N) is 1. The van der Waals surface area contributed by atoms with Crippen LogP contribution in [0.25, 0.3) is 22.7 Å². The zero-order chi connectivity index (χ0) is 20.4. The molecule has 1 aliphatic heterocycles. The summed E-state index contributed by atoms with van der Waals surface area (Å²) in [4.78, 5) is 14.5. The molecule has 1 aromatic heterocycles. The van der Waals surface area contributed by atoms with Crippen molar-refractivity contribution in [2.24, 2.45) is 10.2 Å². The highest BCUT2D eigenvalue weighted by Gasteiger charge is 2.11. The maximum Gasteiger partial charge on any atom is 0.330 e. The van der Waals surface area contributed by atoms with Crippen LogP contribution in [0.1, 0.15) is 12.5 Å². The number of aromatic hydroxyl groups is 1. The van der Waals surface area contributed by atoms with Crippen LogP contribution in [0.3, 0.4) is 0 Å². The molecule has 0 radical (unpaired) electrons. The highest BCUT2D eigenvalue weighted by atomic mass is 16.5. The molecule has 0 atom stereocenters. The number of rotatable bonds is 5. The summed E-state index contributed by atoms with van der Waals surface area (Å²) in [6.45, 7) is 2.07. The minimum absolute atomic E-state index is 0.0833. The van der Waals surface area contributed by atoms with Gasteiger partial charge in [0.15, 0.2) is 5.88 Å². The van der Waals surface area contributed by atoms with E-state index in [0.29, 0.717) is 29.3 Å². The molecule has 29 heavy (non-hydrogen) atoms. The Hall–Kier alpha value is -3.87. The predicted molar refractivity (Wildman–Crippen MR) is 109 cm³/mol. The molecule has 2 aromatic carbocycles. The lowest BCUT2D eigenvalue weighted by Crippen LogP contribution is -2.08. The van der Waals surface area contributed by atoms with Gasteiger partial charge < -0.3 is 19.6 Å². The van der Waals surface area contributed by atoms with Crippen LogP contribution in [0.5, 0.6) is 11.6 Å². The zero-order valence-corrected chi connectivity index (χ0v) is 16.0. The lowest BCUT2D eigenvalue weighted by molar-refractivity contribution is -0.137. The first-order chi connectivity index (χ1) is 14.1. The summed E-state index contributed by atoms with van der Waals surface area (Å²) in [6.07, 6.45) is 4.80. The molecular formula is C22H19N3O4. The van der Waals surface area contributed by atoms with Gasteiger partial charge >= 0.3 is 5.97 Å². The number of H-pyrrole nitrogens is 1. The second-order valence-electron chi connectivity index (χ2n) is 6.39.